The molecule has 1 heterocycles. The molecule has 0 aromatic heterocycles. The number of nitro benzene ring substituents is 1. The molecular formula is C13H17FN2O3. The Balaban J connectivity index is 2.11. The summed E-state index contributed by atoms with van der Waals surface area (Å²) in [5, 5.41) is 19.8. The second kappa shape index (κ2) is 6.08. The monoisotopic (exact) mass is 268 g/mol. The summed E-state index contributed by atoms with van der Waals surface area (Å²) in [7, 11) is 0. The van der Waals surface area contributed by atoms with Crippen LogP contribution in [-0.4, -0.2) is 34.1 Å². The number of benzene rings is 1. The van der Waals surface area contributed by atoms with E-state index in [9.17, 15) is 19.6 Å². The Hall–Kier alpha value is -1.53. The maximum Gasteiger partial charge on any atom is 0.272 e. The average molecular weight is 268 g/mol. The van der Waals surface area contributed by atoms with Crippen LogP contribution in [0.5, 0.6) is 0 Å². The Kier molecular flexibility index (Phi) is 4.44. The largest absolute Gasteiger partial charge is 0.395 e. The highest BCUT2D eigenvalue weighted by Gasteiger charge is 2.23. The zero-order chi connectivity index (χ0) is 13.8. The minimum atomic E-state index is -0.607. The predicted molar refractivity (Wildman–Crippen MR) is 68.2 cm³/mol. The van der Waals surface area contributed by atoms with Crippen molar-refractivity contribution >= 4 is 5.69 Å². The van der Waals surface area contributed by atoms with Crippen molar-refractivity contribution in [2.75, 3.05) is 13.2 Å². The fourth-order valence-electron chi connectivity index (χ4n) is 2.47. The molecule has 19 heavy (non-hydrogen) atoms. The van der Waals surface area contributed by atoms with Crippen LogP contribution in [0, 0.1) is 15.9 Å². The summed E-state index contributed by atoms with van der Waals surface area (Å²) in [6.45, 7) is 1.27. The number of rotatable bonds is 4. The Morgan fingerprint density at radius 1 is 1.47 bits per heavy atom. The molecule has 0 amide bonds. The number of non-ortho nitro benzene ring substituents is 1. The molecule has 1 aromatic rings. The number of hydrogen-bond donors (Lipinski definition) is 1. The maximum atomic E-state index is 13.8. The number of nitro groups is 1. The molecule has 0 aliphatic carbocycles. The molecule has 1 aromatic carbocycles. The molecule has 0 saturated carbocycles. The number of hydrogen-bond acceptors (Lipinski definition) is 4. The van der Waals surface area contributed by atoms with Crippen LogP contribution >= 0.6 is 0 Å². The second-order valence-corrected chi connectivity index (χ2v) is 4.84. The number of likely N-dealkylation sites (tertiary alicyclic amines) is 1. The Labute approximate surface area is 110 Å². The van der Waals surface area contributed by atoms with Gasteiger partial charge in [0.15, 0.2) is 0 Å². The first kappa shape index (κ1) is 13.9. The van der Waals surface area contributed by atoms with Gasteiger partial charge in [-0.1, -0.05) is 6.42 Å². The third-order valence-electron chi connectivity index (χ3n) is 3.58. The normalized spacial score (nSPS) is 20.4. The Bertz CT molecular complexity index is 467. The van der Waals surface area contributed by atoms with Gasteiger partial charge in [-0.15, -0.1) is 0 Å². The van der Waals surface area contributed by atoms with E-state index in [0.717, 1.165) is 31.9 Å². The van der Waals surface area contributed by atoms with Gasteiger partial charge in [-0.05, 0) is 25.5 Å². The third-order valence-corrected chi connectivity index (χ3v) is 3.58. The van der Waals surface area contributed by atoms with Crippen molar-refractivity contribution in [1.82, 2.24) is 4.90 Å². The summed E-state index contributed by atoms with van der Waals surface area (Å²) in [4.78, 5) is 12.0. The van der Waals surface area contributed by atoms with E-state index in [4.69, 9.17) is 0 Å². The molecule has 1 N–H and O–H groups in total. The van der Waals surface area contributed by atoms with Crippen LogP contribution in [0.2, 0.25) is 0 Å². The highest BCUT2D eigenvalue weighted by molar-refractivity contribution is 5.34. The van der Waals surface area contributed by atoms with Crippen LogP contribution in [-0.2, 0) is 6.54 Å². The minimum absolute atomic E-state index is 0.0586. The summed E-state index contributed by atoms with van der Waals surface area (Å²) >= 11 is 0. The van der Waals surface area contributed by atoms with Gasteiger partial charge in [0.2, 0.25) is 0 Å². The molecule has 2 rings (SSSR count). The van der Waals surface area contributed by atoms with Gasteiger partial charge in [-0.3, -0.25) is 15.0 Å². The van der Waals surface area contributed by atoms with Crippen LogP contribution in [0.15, 0.2) is 18.2 Å². The summed E-state index contributed by atoms with van der Waals surface area (Å²) in [5.41, 5.74) is 0.199. The van der Waals surface area contributed by atoms with Gasteiger partial charge in [-0.2, -0.15) is 0 Å². The van der Waals surface area contributed by atoms with Gasteiger partial charge in [0.05, 0.1) is 17.6 Å². The van der Waals surface area contributed by atoms with Gasteiger partial charge in [0.1, 0.15) is 5.82 Å². The number of halogens is 1. The van der Waals surface area contributed by atoms with Gasteiger partial charge in [0.25, 0.3) is 5.69 Å². The smallest absolute Gasteiger partial charge is 0.272 e. The maximum absolute atomic E-state index is 13.8. The lowest BCUT2D eigenvalue weighted by Crippen LogP contribution is -2.41. The van der Waals surface area contributed by atoms with E-state index in [0.29, 0.717) is 12.1 Å². The summed E-state index contributed by atoms with van der Waals surface area (Å²) in [5.74, 6) is -0.559. The predicted octanol–water partition coefficient (Wildman–Crippen LogP) is 2.08. The molecule has 104 valence electrons. The van der Waals surface area contributed by atoms with Crippen molar-refractivity contribution in [2.24, 2.45) is 0 Å². The second-order valence-electron chi connectivity index (χ2n) is 4.84. The molecule has 1 aliphatic heterocycles. The van der Waals surface area contributed by atoms with Crippen LogP contribution in [0.1, 0.15) is 24.8 Å². The molecule has 0 bridgehead atoms. The molecule has 1 aliphatic rings. The number of piperidine rings is 1. The van der Waals surface area contributed by atoms with Crippen molar-refractivity contribution < 1.29 is 14.4 Å². The summed E-state index contributed by atoms with van der Waals surface area (Å²) in [6, 6.07) is 3.78. The lowest BCUT2D eigenvalue weighted by Gasteiger charge is -2.34. The highest BCUT2D eigenvalue weighted by Crippen LogP contribution is 2.22. The van der Waals surface area contributed by atoms with Crippen LogP contribution < -0.4 is 0 Å². The topological polar surface area (TPSA) is 66.6 Å². The van der Waals surface area contributed by atoms with E-state index in [-0.39, 0.29) is 18.3 Å². The summed E-state index contributed by atoms with van der Waals surface area (Å²) < 4.78 is 13.8. The minimum Gasteiger partial charge on any atom is -0.395 e. The molecule has 5 nitrogen and oxygen atoms in total. The lowest BCUT2D eigenvalue weighted by molar-refractivity contribution is -0.385. The molecule has 1 saturated heterocycles. The quantitative estimate of drug-likeness (QED) is 0.670. The van der Waals surface area contributed by atoms with Crippen molar-refractivity contribution in [3.8, 4) is 0 Å². The molecule has 6 heteroatoms. The zero-order valence-electron chi connectivity index (χ0n) is 10.6. The molecule has 1 fully saturated rings. The standard InChI is InChI=1S/C13H17FN2O3/c14-13-7-11(16(18)19)5-4-10(13)8-15-6-2-1-3-12(15)9-17/h4-5,7,12,17H,1-3,6,8-9H2. The van der Waals surface area contributed by atoms with Crippen LogP contribution in [0.4, 0.5) is 10.1 Å². The fraction of sp³-hybridized carbons (Fsp3) is 0.538. The first-order chi connectivity index (χ1) is 9.11. The van der Waals surface area contributed by atoms with Gasteiger partial charge < -0.3 is 5.11 Å². The lowest BCUT2D eigenvalue weighted by atomic mass is 10.0. The van der Waals surface area contributed by atoms with Gasteiger partial charge in [0, 0.05) is 24.2 Å². The third kappa shape index (κ3) is 3.27. The van der Waals surface area contributed by atoms with E-state index < -0.39 is 10.7 Å². The van der Waals surface area contributed by atoms with Crippen LogP contribution in [0.3, 0.4) is 0 Å². The van der Waals surface area contributed by atoms with E-state index in [1.54, 1.807) is 0 Å². The zero-order valence-corrected chi connectivity index (χ0v) is 10.6. The molecule has 1 unspecified atom stereocenters. The van der Waals surface area contributed by atoms with Crippen molar-refractivity contribution in [2.45, 2.75) is 31.8 Å². The van der Waals surface area contributed by atoms with Crippen molar-refractivity contribution in [3.63, 3.8) is 0 Å². The molecule has 0 spiro atoms. The van der Waals surface area contributed by atoms with E-state index in [1.807, 2.05) is 4.90 Å². The van der Waals surface area contributed by atoms with E-state index in [1.165, 1.54) is 12.1 Å². The number of aliphatic hydroxyl groups is 1. The molecule has 1 atom stereocenters. The average Bonchev–Trinajstić information content (AvgIpc) is 2.41. The van der Waals surface area contributed by atoms with Crippen molar-refractivity contribution in [1.29, 1.82) is 0 Å². The van der Waals surface area contributed by atoms with E-state index in [2.05, 4.69) is 0 Å². The SMILES string of the molecule is O=[N+]([O-])c1ccc(CN2CCCCC2CO)c(F)c1. The van der Waals surface area contributed by atoms with Crippen molar-refractivity contribution in [3.05, 3.63) is 39.7 Å². The highest BCUT2D eigenvalue weighted by atomic mass is 19.1. The molecule has 0 radical (unpaired) electrons. The fourth-order valence-corrected chi connectivity index (χ4v) is 2.47. The number of nitrogens with zero attached hydrogens (tertiary/aromatic N) is 2. The van der Waals surface area contributed by atoms with E-state index >= 15 is 0 Å². The van der Waals surface area contributed by atoms with Crippen LogP contribution in [0.25, 0.3) is 0 Å². The van der Waals surface area contributed by atoms with Gasteiger partial charge >= 0.3 is 0 Å². The molecular weight excluding hydrogens is 251 g/mol. The summed E-state index contributed by atoms with van der Waals surface area (Å²) in [6.07, 6.45) is 3.01. The first-order valence-electron chi connectivity index (χ1n) is 6.39. The Morgan fingerprint density at radius 3 is 2.89 bits per heavy atom. The Morgan fingerprint density at radius 2 is 2.26 bits per heavy atom. The van der Waals surface area contributed by atoms with Gasteiger partial charge in [-0.25, -0.2) is 4.39 Å². The number of aliphatic hydroxyl groups excluding tert-OH is 1. The first-order valence-corrected chi connectivity index (χ1v) is 6.39.